The molecule has 0 aromatic heterocycles. The summed E-state index contributed by atoms with van der Waals surface area (Å²) in [6.07, 6.45) is 0. The van der Waals surface area contributed by atoms with E-state index in [1.807, 2.05) is 6.07 Å². The number of nitrogens with two attached hydrogens (primary N) is 1. The number of ether oxygens (including phenoxy) is 1. The van der Waals surface area contributed by atoms with E-state index in [-0.39, 0.29) is 0 Å². The predicted molar refractivity (Wildman–Crippen MR) is 70.4 cm³/mol. The van der Waals surface area contributed by atoms with Gasteiger partial charge >= 0.3 is 0 Å². The fraction of sp³-hybridized carbons (Fsp3) is 0.0667. The molecule has 0 fully saturated rings. The molecule has 0 bridgehead atoms. The number of hydrogen-bond donors (Lipinski definition) is 1. The Labute approximate surface area is 111 Å². The van der Waals surface area contributed by atoms with Crippen molar-refractivity contribution >= 4 is 5.91 Å². The van der Waals surface area contributed by atoms with Crippen LogP contribution in [0.15, 0.2) is 48.5 Å². The number of carbonyl (C=O) groups excluding carboxylic acids is 1. The Hall–Kier alpha value is -2.80. The smallest absolute Gasteiger partial charge is 0.248 e. The van der Waals surface area contributed by atoms with Crippen LogP contribution in [0.5, 0.6) is 5.75 Å². The van der Waals surface area contributed by atoms with Crippen molar-refractivity contribution in [1.82, 2.24) is 0 Å². The van der Waals surface area contributed by atoms with Crippen LogP contribution < -0.4 is 10.5 Å². The fourth-order valence-electron chi connectivity index (χ4n) is 1.56. The molecule has 0 aliphatic carbocycles. The molecule has 0 radical (unpaired) electrons. The summed E-state index contributed by atoms with van der Waals surface area (Å²) >= 11 is 0. The second kappa shape index (κ2) is 5.69. The molecule has 0 heterocycles. The van der Waals surface area contributed by atoms with Gasteiger partial charge in [-0.15, -0.1) is 0 Å². The zero-order valence-electron chi connectivity index (χ0n) is 10.2. The highest BCUT2D eigenvalue weighted by Crippen LogP contribution is 2.14. The lowest BCUT2D eigenvalue weighted by atomic mass is 10.1. The quantitative estimate of drug-likeness (QED) is 0.906. The maximum absolute atomic E-state index is 10.9. The number of carbonyl (C=O) groups is 1. The van der Waals surface area contributed by atoms with E-state index in [9.17, 15) is 4.79 Å². The van der Waals surface area contributed by atoms with Crippen molar-refractivity contribution in [3.63, 3.8) is 0 Å². The Kier molecular flexibility index (Phi) is 3.79. The molecule has 2 N–H and O–H groups in total. The summed E-state index contributed by atoms with van der Waals surface area (Å²) in [6, 6.07) is 15.9. The molecule has 1 amide bonds. The molecule has 0 saturated carbocycles. The summed E-state index contributed by atoms with van der Waals surface area (Å²) in [5.41, 5.74) is 7.17. The number of amides is 1. The first-order valence-corrected chi connectivity index (χ1v) is 5.71. The van der Waals surface area contributed by atoms with Crippen molar-refractivity contribution in [3.8, 4) is 11.8 Å². The van der Waals surface area contributed by atoms with Gasteiger partial charge < -0.3 is 10.5 Å². The first-order valence-electron chi connectivity index (χ1n) is 5.71. The molecule has 0 atom stereocenters. The van der Waals surface area contributed by atoms with E-state index >= 15 is 0 Å². The van der Waals surface area contributed by atoms with Gasteiger partial charge in [-0.2, -0.15) is 5.26 Å². The van der Waals surface area contributed by atoms with Crippen molar-refractivity contribution in [3.05, 3.63) is 65.2 Å². The summed E-state index contributed by atoms with van der Waals surface area (Å²) in [4.78, 5) is 10.9. The van der Waals surface area contributed by atoms with E-state index in [1.54, 1.807) is 48.5 Å². The van der Waals surface area contributed by atoms with Crippen molar-refractivity contribution < 1.29 is 9.53 Å². The molecule has 0 spiro atoms. The van der Waals surface area contributed by atoms with Crippen molar-refractivity contribution in [1.29, 1.82) is 5.26 Å². The highest BCUT2D eigenvalue weighted by atomic mass is 16.5. The lowest BCUT2D eigenvalue weighted by molar-refractivity contribution is 0.1000. The molecular formula is C15H12N2O2. The van der Waals surface area contributed by atoms with Gasteiger partial charge in [0.2, 0.25) is 5.91 Å². The normalized spacial score (nSPS) is 9.63. The van der Waals surface area contributed by atoms with Gasteiger partial charge in [0.1, 0.15) is 12.4 Å². The maximum Gasteiger partial charge on any atom is 0.248 e. The van der Waals surface area contributed by atoms with E-state index < -0.39 is 5.91 Å². The number of benzene rings is 2. The van der Waals surface area contributed by atoms with Gasteiger partial charge in [-0.3, -0.25) is 4.79 Å². The summed E-state index contributed by atoms with van der Waals surface area (Å²) < 4.78 is 5.57. The van der Waals surface area contributed by atoms with Crippen molar-refractivity contribution in [2.45, 2.75) is 6.61 Å². The average molecular weight is 252 g/mol. The first kappa shape index (κ1) is 12.7. The van der Waals surface area contributed by atoms with Crippen LogP contribution in [0.4, 0.5) is 0 Å². The molecular weight excluding hydrogens is 240 g/mol. The van der Waals surface area contributed by atoms with Crippen molar-refractivity contribution in [2.24, 2.45) is 5.73 Å². The molecule has 4 heteroatoms. The van der Waals surface area contributed by atoms with Crippen LogP contribution in [0.3, 0.4) is 0 Å². The Morgan fingerprint density at radius 2 is 1.74 bits per heavy atom. The third-order valence-electron chi connectivity index (χ3n) is 2.63. The third kappa shape index (κ3) is 3.33. The highest BCUT2D eigenvalue weighted by molar-refractivity contribution is 5.92. The summed E-state index contributed by atoms with van der Waals surface area (Å²) in [5, 5.41) is 8.68. The summed E-state index contributed by atoms with van der Waals surface area (Å²) in [6.45, 7) is 0.394. The summed E-state index contributed by atoms with van der Waals surface area (Å²) in [7, 11) is 0. The van der Waals surface area contributed by atoms with E-state index in [1.165, 1.54) is 0 Å². The topological polar surface area (TPSA) is 76.1 Å². The molecule has 2 aromatic carbocycles. The fourth-order valence-corrected chi connectivity index (χ4v) is 1.56. The molecule has 0 aliphatic heterocycles. The van der Waals surface area contributed by atoms with Crippen LogP contribution in [0.2, 0.25) is 0 Å². The number of nitrogens with zero attached hydrogens (tertiary/aromatic N) is 1. The minimum Gasteiger partial charge on any atom is -0.489 e. The standard InChI is InChI=1S/C15H12N2O2/c16-9-11-3-7-14(8-4-11)19-10-12-1-5-13(6-2-12)15(17)18/h1-8H,10H2,(H2,17,18). The number of rotatable bonds is 4. The molecule has 4 nitrogen and oxygen atoms in total. The van der Waals surface area contributed by atoms with Gasteiger partial charge in [-0.05, 0) is 42.0 Å². The van der Waals surface area contributed by atoms with Gasteiger partial charge in [-0.25, -0.2) is 0 Å². The number of nitriles is 1. The van der Waals surface area contributed by atoms with Gasteiger partial charge in [0.25, 0.3) is 0 Å². The van der Waals surface area contributed by atoms with Crippen LogP contribution in [0.1, 0.15) is 21.5 Å². The zero-order chi connectivity index (χ0) is 13.7. The SMILES string of the molecule is N#Cc1ccc(OCc2ccc(C(N)=O)cc2)cc1. The van der Waals surface area contributed by atoms with E-state index in [0.717, 1.165) is 5.56 Å². The Bertz CT molecular complexity index is 610. The van der Waals surface area contributed by atoms with Crippen molar-refractivity contribution in [2.75, 3.05) is 0 Å². The first-order chi connectivity index (χ1) is 9.19. The molecule has 19 heavy (non-hydrogen) atoms. The zero-order valence-corrected chi connectivity index (χ0v) is 10.2. The second-order valence-electron chi connectivity index (χ2n) is 3.99. The van der Waals surface area contributed by atoms with Gasteiger partial charge in [0.05, 0.1) is 11.6 Å². The van der Waals surface area contributed by atoms with E-state index in [4.69, 9.17) is 15.7 Å². The highest BCUT2D eigenvalue weighted by Gasteiger charge is 2.00. The monoisotopic (exact) mass is 252 g/mol. The molecule has 2 rings (SSSR count). The number of hydrogen-bond acceptors (Lipinski definition) is 3. The molecule has 94 valence electrons. The molecule has 0 aliphatic rings. The third-order valence-corrected chi connectivity index (χ3v) is 2.63. The largest absolute Gasteiger partial charge is 0.489 e. The van der Waals surface area contributed by atoms with Crippen LogP contribution >= 0.6 is 0 Å². The molecule has 0 unspecified atom stereocenters. The lowest BCUT2D eigenvalue weighted by Crippen LogP contribution is -2.10. The Morgan fingerprint density at radius 1 is 1.11 bits per heavy atom. The van der Waals surface area contributed by atoms with Crippen LogP contribution in [0.25, 0.3) is 0 Å². The average Bonchev–Trinajstić information content (AvgIpc) is 2.46. The summed E-state index contributed by atoms with van der Waals surface area (Å²) in [5.74, 6) is 0.248. The maximum atomic E-state index is 10.9. The van der Waals surface area contributed by atoms with Gasteiger partial charge in [0, 0.05) is 5.56 Å². The van der Waals surface area contributed by atoms with Gasteiger partial charge in [-0.1, -0.05) is 12.1 Å². The predicted octanol–water partition coefficient (Wildman–Crippen LogP) is 2.24. The van der Waals surface area contributed by atoms with Crippen LogP contribution in [-0.2, 0) is 6.61 Å². The van der Waals surface area contributed by atoms with E-state index in [0.29, 0.717) is 23.5 Å². The molecule has 0 saturated heterocycles. The van der Waals surface area contributed by atoms with Crippen LogP contribution in [-0.4, -0.2) is 5.91 Å². The minimum atomic E-state index is -0.445. The van der Waals surface area contributed by atoms with Gasteiger partial charge in [0.15, 0.2) is 0 Å². The Balaban J connectivity index is 1.98. The lowest BCUT2D eigenvalue weighted by Gasteiger charge is -2.06. The molecule has 2 aromatic rings. The number of primary amides is 1. The minimum absolute atomic E-state index is 0.394. The van der Waals surface area contributed by atoms with Crippen LogP contribution in [0, 0.1) is 11.3 Å². The Morgan fingerprint density at radius 3 is 2.26 bits per heavy atom. The second-order valence-corrected chi connectivity index (χ2v) is 3.99. The van der Waals surface area contributed by atoms with E-state index in [2.05, 4.69) is 0 Å².